The van der Waals surface area contributed by atoms with Crippen molar-refractivity contribution in [2.45, 2.75) is 63.9 Å². The number of allylic oxidation sites excluding steroid dienone is 4. The molecule has 1 aliphatic heterocycles. The summed E-state index contributed by atoms with van der Waals surface area (Å²) >= 11 is 1.42. The summed E-state index contributed by atoms with van der Waals surface area (Å²) in [5, 5.41) is 21.3. The first kappa shape index (κ1) is 46.5. The van der Waals surface area contributed by atoms with Crippen LogP contribution in [0.5, 0.6) is 11.5 Å². The molecule has 5 rings (SSSR count). The summed E-state index contributed by atoms with van der Waals surface area (Å²) in [4.78, 5) is 29.8. The van der Waals surface area contributed by atoms with Crippen molar-refractivity contribution in [2.24, 2.45) is 4.99 Å². The minimum Gasteiger partial charge on any atom is -0.491 e. The van der Waals surface area contributed by atoms with E-state index in [-0.39, 0.29) is 25.0 Å². The summed E-state index contributed by atoms with van der Waals surface area (Å²) < 4.78 is 40.3. The number of rotatable bonds is 28. The third kappa shape index (κ3) is 16.4. The number of aliphatic hydroxyl groups excluding tert-OH is 1. The molecule has 10 nitrogen and oxygen atoms in total. The van der Waals surface area contributed by atoms with E-state index in [9.17, 15) is 23.3 Å². The number of amides is 2. The summed E-state index contributed by atoms with van der Waals surface area (Å²) in [6.45, 7) is 6.39. The molecule has 2 aromatic heterocycles. The molecule has 0 unspecified atom stereocenters. The number of hydrogen-bond donors (Lipinski definition) is 4. The van der Waals surface area contributed by atoms with Gasteiger partial charge in [-0.2, -0.15) is 0 Å². The van der Waals surface area contributed by atoms with Crippen molar-refractivity contribution in [2.75, 3.05) is 39.4 Å². The molecule has 2 aromatic carbocycles. The fourth-order valence-corrected chi connectivity index (χ4v) is 7.29. The van der Waals surface area contributed by atoms with Crippen LogP contribution in [0.2, 0.25) is 0 Å². The number of aromatic nitrogens is 1. The molecule has 2 amide bonds. The van der Waals surface area contributed by atoms with E-state index in [0.29, 0.717) is 54.6 Å². The summed E-state index contributed by atoms with van der Waals surface area (Å²) in [5.41, 5.74) is 4.10. The monoisotopic (exact) mass is 851 g/mol. The Hall–Kier alpha value is -5.57. The number of nitrogens with zero attached hydrogens (tertiary/aromatic N) is 2. The summed E-state index contributed by atoms with van der Waals surface area (Å²) in [6.07, 6.45) is 17.8. The SMILES string of the molecule is C=CCc1ccccc1OC[C@@H](O)CNCCCCCCNC(=O)CCCCCNC(=O)COc1ccc(/C=C/C2=NC(=C\c3ccc(-c4cccs4)n3B(F)F)/C=C2)cc1. The van der Waals surface area contributed by atoms with E-state index in [1.165, 1.54) is 11.3 Å². The number of aliphatic imine (C=N–C) groups is 1. The molecule has 1 aliphatic rings. The van der Waals surface area contributed by atoms with Crippen LogP contribution >= 0.6 is 11.3 Å². The highest BCUT2D eigenvalue weighted by atomic mass is 32.1. The Morgan fingerprint density at radius 2 is 1.61 bits per heavy atom. The lowest BCUT2D eigenvalue weighted by molar-refractivity contribution is -0.123. The van der Waals surface area contributed by atoms with Gasteiger partial charge < -0.3 is 35.0 Å². The van der Waals surface area contributed by atoms with E-state index in [1.807, 2.05) is 78.2 Å². The van der Waals surface area contributed by atoms with E-state index in [0.717, 1.165) is 84.1 Å². The summed E-state index contributed by atoms with van der Waals surface area (Å²) in [5.74, 6) is 1.19. The molecule has 0 saturated heterocycles. The maximum absolute atomic E-state index is 13.9. The predicted molar refractivity (Wildman–Crippen MR) is 244 cm³/mol. The van der Waals surface area contributed by atoms with Gasteiger partial charge in [0.15, 0.2) is 6.61 Å². The predicted octanol–water partition coefficient (Wildman–Crippen LogP) is 8.54. The Bertz CT molecular complexity index is 2100. The Labute approximate surface area is 362 Å². The van der Waals surface area contributed by atoms with Crippen LogP contribution in [0.1, 0.15) is 68.2 Å². The standard InChI is InChI=1S/C47H56BF2N5O5S/c1-2-13-37-14-7-8-15-44(37)60-34-41(56)33-51-28-9-3-4-10-29-52-46(57)17-6-5-11-30-53-47(58)35-59-42-25-19-36(20-26-42)18-21-38-22-23-39(54-38)32-40-24-27-43(55(40)48(49)50)45-16-12-31-61-45/h2,7-8,12,14-16,18-27,31-32,41,51,56H,1,3-6,9-11,13,17,28-30,33-35H2,(H,52,57)(H,53,58)/b21-18+,39-32-/t41-/m0/s1. The Morgan fingerprint density at radius 1 is 0.852 bits per heavy atom. The van der Waals surface area contributed by atoms with E-state index in [4.69, 9.17) is 9.47 Å². The van der Waals surface area contributed by atoms with Gasteiger partial charge in [-0.1, -0.05) is 67.8 Å². The Balaban J connectivity index is 0.844. The van der Waals surface area contributed by atoms with Crippen molar-refractivity contribution in [1.29, 1.82) is 0 Å². The second-order valence-corrected chi connectivity index (χ2v) is 15.5. The van der Waals surface area contributed by atoms with Gasteiger partial charge in [-0.3, -0.25) is 18.2 Å². The minimum absolute atomic E-state index is 0.0551. The molecule has 322 valence electrons. The van der Waals surface area contributed by atoms with Crippen LogP contribution in [-0.4, -0.2) is 80.0 Å². The number of benzene rings is 2. The third-order valence-corrected chi connectivity index (χ3v) is 10.6. The third-order valence-electron chi connectivity index (χ3n) is 9.75. The first-order valence-corrected chi connectivity index (χ1v) is 21.8. The van der Waals surface area contributed by atoms with E-state index in [1.54, 1.807) is 36.4 Å². The smallest absolute Gasteiger partial charge is 0.491 e. The highest BCUT2D eigenvalue weighted by Crippen LogP contribution is 2.29. The van der Waals surface area contributed by atoms with Gasteiger partial charge >= 0.3 is 7.40 Å². The van der Waals surface area contributed by atoms with Crippen LogP contribution in [0.15, 0.2) is 120 Å². The molecule has 4 aromatic rings. The first-order valence-electron chi connectivity index (χ1n) is 21.0. The average molecular weight is 852 g/mol. The van der Waals surface area contributed by atoms with E-state index in [2.05, 4.69) is 27.5 Å². The van der Waals surface area contributed by atoms with Crippen molar-refractivity contribution in [1.82, 2.24) is 20.4 Å². The molecule has 4 N–H and O–H groups in total. The fraction of sp³-hybridized carbons (Fsp3) is 0.340. The molecule has 0 spiro atoms. The number of ether oxygens (including phenoxy) is 2. The maximum atomic E-state index is 13.9. The van der Waals surface area contributed by atoms with Gasteiger partial charge in [0.05, 0.1) is 17.1 Å². The molecule has 0 aliphatic carbocycles. The van der Waals surface area contributed by atoms with Crippen LogP contribution in [0.4, 0.5) is 8.63 Å². The number of hydrogen-bond acceptors (Lipinski definition) is 8. The molecule has 0 fully saturated rings. The lowest BCUT2D eigenvalue weighted by Gasteiger charge is -2.15. The number of carbonyl (C=O) groups is 2. The normalized spacial score (nSPS) is 13.4. The first-order chi connectivity index (χ1) is 29.8. The zero-order chi connectivity index (χ0) is 43.1. The van der Waals surface area contributed by atoms with E-state index < -0.39 is 13.5 Å². The molecule has 1 atom stereocenters. The summed E-state index contributed by atoms with van der Waals surface area (Å²) in [7, 11) is -2.68. The number of nitrogens with one attached hydrogen (secondary N) is 3. The second-order valence-electron chi connectivity index (χ2n) is 14.6. The van der Waals surface area contributed by atoms with Gasteiger partial charge in [0.2, 0.25) is 5.91 Å². The van der Waals surface area contributed by atoms with Crippen molar-refractivity contribution >= 4 is 48.4 Å². The molecule has 61 heavy (non-hydrogen) atoms. The van der Waals surface area contributed by atoms with Crippen molar-refractivity contribution in [3.8, 4) is 22.1 Å². The molecular formula is C47H56BF2N5O5S. The number of aliphatic hydroxyl groups is 1. The van der Waals surface area contributed by atoms with Gasteiger partial charge in [-0.25, -0.2) is 4.99 Å². The highest BCUT2D eigenvalue weighted by molar-refractivity contribution is 7.13. The van der Waals surface area contributed by atoms with Crippen molar-refractivity contribution in [3.63, 3.8) is 0 Å². The van der Waals surface area contributed by atoms with Gasteiger partial charge in [0.1, 0.15) is 24.2 Å². The number of halogens is 2. The Kier molecular flexibility index (Phi) is 19.8. The minimum atomic E-state index is -2.68. The van der Waals surface area contributed by atoms with Crippen LogP contribution in [0.3, 0.4) is 0 Å². The zero-order valence-corrected chi connectivity index (χ0v) is 35.4. The number of carbonyl (C=O) groups excluding carboxylic acids is 2. The summed E-state index contributed by atoms with van der Waals surface area (Å²) in [6, 6.07) is 22.2. The highest BCUT2D eigenvalue weighted by Gasteiger charge is 2.24. The van der Waals surface area contributed by atoms with Crippen LogP contribution in [0, 0.1) is 0 Å². The van der Waals surface area contributed by atoms with Gasteiger partial charge in [-0.05, 0) is 116 Å². The quantitative estimate of drug-likeness (QED) is 0.0258. The molecule has 3 heterocycles. The largest absolute Gasteiger partial charge is 0.678 e. The number of thiophene rings is 1. The molecule has 0 bridgehead atoms. The number of para-hydroxylation sites is 1. The maximum Gasteiger partial charge on any atom is 0.678 e. The topological polar surface area (TPSA) is 126 Å². The van der Waals surface area contributed by atoms with Crippen LogP contribution in [-0.2, 0) is 16.0 Å². The zero-order valence-electron chi connectivity index (χ0n) is 34.6. The van der Waals surface area contributed by atoms with Gasteiger partial charge in [0, 0.05) is 36.6 Å². The molecule has 0 radical (unpaired) electrons. The fourth-order valence-electron chi connectivity index (χ4n) is 6.54. The number of unbranched alkanes of at least 4 members (excludes halogenated alkanes) is 5. The van der Waals surface area contributed by atoms with Crippen molar-refractivity contribution < 1.29 is 32.8 Å². The molecular weight excluding hydrogens is 795 g/mol. The Morgan fingerprint density at radius 3 is 2.36 bits per heavy atom. The van der Waals surface area contributed by atoms with Crippen LogP contribution in [0.25, 0.3) is 22.7 Å². The molecule has 14 heteroatoms. The second kappa shape index (κ2) is 25.9. The molecule has 0 saturated carbocycles. The lowest BCUT2D eigenvalue weighted by Crippen LogP contribution is -2.32. The van der Waals surface area contributed by atoms with Gasteiger partial charge in [0.25, 0.3) is 5.91 Å². The van der Waals surface area contributed by atoms with Crippen molar-refractivity contribution in [3.05, 3.63) is 132 Å². The average Bonchev–Trinajstić information content (AvgIpc) is 4.05. The van der Waals surface area contributed by atoms with E-state index >= 15 is 0 Å². The lowest BCUT2D eigenvalue weighted by atomic mass is 10.1. The van der Waals surface area contributed by atoms with Gasteiger partial charge in [-0.15, -0.1) is 17.9 Å². The van der Waals surface area contributed by atoms with Crippen LogP contribution < -0.4 is 25.4 Å².